The molecule has 0 aliphatic rings. The van der Waals surface area contributed by atoms with Crippen molar-refractivity contribution in [3.63, 3.8) is 0 Å². The number of amides is 1. The first-order valence-electron chi connectivity index (χ1n) is 7.19. The highest BCUT2D eigenvalue weighted by Crippen LogP contribution is 2.29. The second-order valence-electron chi connectivity index (χ2n) is 5.11. The lowest BCUT2D eigenvalue weighted by Crippen LogP contribution is -2.47. The first kappa shape index (κ1) is 17.1. The Hall–Kier alpha value is -1.00. The topological polar surface area (TPSA) is 55.1 Å². The molecule has 0 heterocycles. The van der Waals surface area contributed by atoms with Crippen LogP contribution in [0.1, 0.15) is 32.3 Å². The van der Waals surface area contributed by atoms with Gasteiger partial charge in [-0.3, -0.25) is 4.79 Å². The summed E-state index contributed by atoms with van der Waals surface area (Å²) in [5.74, 6) is -0.0609. The average molecular weight is 294 g/mol. The minimum Gasteiger partial charge on any atom is -0.353 e. The van der Waals surface area contributed by atoms with Crippen molar-refractivity contribution in [2.75, 3.05) is 12.8 Å². The summed E-state index contributed by atoms with van der Waals surface area (Å²) in [5, 5.41) is 3.01. The minimum absolute atomic E-state index is 0.0609. The maximum absolute atomic E-state index is 12.1. The summed E-state index contributed by atoms with van der Waals surface area (Å²) in [6.07, 6.45) is 4.76. The Morgan fingerprint density at radius 2 is 1.90 bits per heavy atom. The van der Waals surface area contributed by atoms with Gasteiger partial charge in [-0.1, -0.05) is 44.2 Å². The van der Waals surface area contributed by atoms with Crippen molar-refractivity contribution in [2.45, 2.75) is 43.9 Å². The Kier molecular flexibility index (Phi) is 7.10. The van der Waals surface area contributed by atoms with Gasteiger partial charge in [0.05, 0.1) is 6.04 Å². The summed E-state index contributed by atoms with van der Waals surface area (Å²) in [6.45, 7) is 5.01. The van der Waals surface area contributed by atoms with Crippen LogP contribution in [0.25, 0.3) is 0 Å². The van der Waals surface area contributed by atoms with Gasteiger partial charge in [-0.2, -0.15) is 11.8 Å². The molecule has 1 atom stereocenters. The fraction of sp³-hybridized carbons (Fsp3) is 0.562. The number of thioether (sulfide) groups is 1. The highest BCUT2D eigenvalue weighted by atomic mass is 32.2. The first-order chi connectivity index (χ1) is 9.56. The minimum atomic E-state index is -0.481. The van der Waals surface area contributed by atoms with Crippen LogP contribution in [0.3, 0.4) is 0 Å². The molecular weight excluding hydrogens is 268 g/mol. The Bertz CT molecular complexity index is 396. The SMILES string of the molecule is CCC(CC)(CNC(=O)[C@@H](N)Cc1ccccc1)SC. The summed E-state index contributed by atoms with van der Waals surface area (Å²) in [7, 11) is 0. The molecule has 0 aromatic heterocycles. The number of hydrogen-bond acceptors (Lipinski definition) is 3. The average Bonchev–Trinajstić information content (AvgIpc) is 2.50. The summed E-state index contributed by atoms with van der Waals surface area (Å²) < 4.78 is 0.127. The van der Waals surface area contributed by atoms with Gasteiger partial charge in [-0.25, -0.2) is 0 Å². The van der Waals surface area contributed by atoms with E-state index >= 15 is 0 Å². The Morgan fingerprint density at radius 1 is 1.30 bits per heavy atom. The van der Waals surface area contributed by atoms with Crippen LogP contribution in [0.5, 0.6) is 0 Å². The molecule has 1 rings (SSSR count). The molecule has 0 radical (unpaired) electrons. The predicted molar refractivity (Wildman–Crippen MR) is 88.0 cm³/mol. The fourth-order valence-corrected chi connectivity index (χ4v) is 2.99. The third kappa shape index (κ3) is 4.84. The molecule has 0 aliphatic carbocycles. The molecule has 0 spiro atoms. The van der Waals surface area contributed by atoms with Crippen LogP contribution in [-0.2, 0) is 11.2 Å². The maximum atomic E-state index is 12.1. The quantitative estimate of drug-likeness (QED) is 0.775. The fourth-order valence-electron chi connectivity index (χ4n) is 2.20. The van der Waals surface area contributed by atoms with Gasteiger partial charge >= 0.3 is 0 Å². The highest BCUT2D eigenvalue weighted by Gasteiger charge is 2.26. The zero-order chi connectivity index (χ0) is 15.0. The maximum Gasteiger partial charge on any atom is 0.237 e. The molecule has 1 amide bonds. The molecule has 112 valence electrons. The lowest BCUT2D eigenvalue weighted by molar-refractivity contribution is -0.122. The van der Waals surface area contributed by atoms with Crippen LogP contribution >= 0.6 is 11.8 Å². The lowest BCUT2D eigenvalue weighted by Gasteiger charge is -2.30. The van der Waals surface area contributed by atoms with Crippen LogP contribution in [0.4, 0.5) is 0 Å². The monoisotopic (exact) mass is 294 g/mol. The van der Waals surface area contributed by atoms with Crippen molar-refractivity contribution in [2.24, 2.45) is 5.73 Å². The van der Waals surface area contributed by atoms with Crippen LogP contribution in [0.2, 0.25) is 0 Å². The summed E-state index contributed by atoms with van der Waals surface area (Å²) >= 11 is 1.82. The zero-order valence-corrected chi connectivity index (χ0v) is 13.5. The van der Waals surface area contributed by atoms with E-state index in [-0.39, 0.29) is 10.7 Å². The van der Waals surface area contributed by atoms with Crippen LogP contribution in [-0.4, -0.2) is 29.5 Å². The van der Waals surface area contributed by atoms with Gasteiger partial charge in [-0.15, -0.1) is 0 Å². The summed E-state index contributed by atoms with van der Waals surface area (Å²) in [6, 6.07) is 9.41. The number of nitrogens with one attached hydrogen (secondary N) is 1. The van der Waals surface area contributed by atoms with Gasteiger partial charge in [0.15, 0.2) is 0 Å². The van der Waals surface area contributed by atoms with Crippen LogP contribution in [0.15, 0.2) is 30.3 Å². The van der Waals surface area contributed by atoms with E-state index < -0.39 is 6.04 Å². The Balaban J connectivity index is 2.50. The molecule has 3 N–H and O–H groups in total. The number of carbonyl (C=O) groups excluding carboxylic acids is 1. The molecule has 3 nitrogen and oxygen atoms in total. The third-order valence-corrected chi connectivity index (χ3v) is 5.53. The molecule has 0 aliphatic heterocycles. The van der Waals surface area contributed by atoms with E-state index in [2.05, 4.69) is 25.4 Å². The highest BCUT2D eigenvalue weighted by molar-refractivity contribution is 8.00. The Morgan fingerprint density at radius 3 is 2.40 bits per heavy atom. The molecule has 20 heavy (non-hydrogen) atoms. The third-order valence-electron chi connectivity index (χ3n) is 3.94. The number of hydrogen-bond donors (Lipinski definition) is 2. The molecule has 0 fully saturated rings. The first-order valence-corrected chi connectivity index (χ1v) is 8.41. The lowest BCUT2D eigenvalue weighted by atomic mass is 10.0. The Labute approximate surface area is 126 Å². The van der Waals surface area contributed by atoms with Gasteiger partial charge in [0.2, 0.25) is 5.91 Å². The second-order valence-corrected chi connectivity index (χ2v) is 6.38. The van der Waals surface area contributed by atoms with Crippen molar-refractivity contribution >= 4 is 17.7 Å². The van der Waals surface area contributed by atoms with Crippen molar-refractivity contribution < 1.29 is 4.79 Å². The van der Waals surface area contributed by atoms with Gasteiger partial charge in [0.25, 0.3) is 0 Å². The molecule has 0 saturated heterocycles. The van der Waals surface area contributed by atoms with Gasteiger partial charge in [0.1, 0.15) is 0 Å². The van der Waals surface area contributed by atoms with E-state index in [1.54, 1.807) is 0 Å². The van der Waals surface area contributed by atoms with Gasteiger partial charge in [0, 0.05) is 11.3 Å². The van der Waals surface area contributed by atoms with Crippen molar-refractivity contribution in [3.8, 4) is 0 Å². The number of rotatable bonds is 8. The van der Waals surface area contributed by atoms with Gasteiger partial charge < -0.3 is 11.1 Å². The van der Waals surface area contributed by atoms with Crippen molar-refractivity contribution in [1.29, 1.82) is 0 Å². The molecule has 0 unspecified atom stereocenters. The van der Waals surface area contributed by atoms with E-state index in [0.717, 1.165) is 18.4 Å². The second kappa shape index (κ2) is 8.32. The molecule has 0 bridgehead atoms. The van der Waals surface area contributed by atoms with Crippen molar-refractivity contribution in [3.05, 3.63) is 35.9 Å². The predicted octanol–water partition coefficient (Wildman–Crippen LogP) is 2.59. The zero-order valence-electron chi connectivity index (χ0n) is 12.7. The van der Waals surface area contributed by atoms with E-state index in [0.29, 0.717) is 13.0 Å². The number of nitrogens with two attached hydrogens (primary N) is 1. The van der Waals surface area contributed by atoms with Crippen LogP contribution in [0, 0.1) is 0 Å². The van der Waals surface area contributed by atoms with E-state index in [1.165, 1.54) is 0 Å². The molecule has 0 saturated carbocycles. The van der Waals surface area contributed by atoms with E-state index in [4.69, 9.17) is 5.73 Å². The number of carbonyl (C=O) groups is 1. The van der Waals surface area contributed by atoms with E-state index in [1.807, 2.05) is 42.1 Å². The van der Waals surface area contributed by atoms with Crippen LogP contribution < -0.4 is 11.1 Å². The molecular formula is C16H26N2OS. The van der Waals surface area contributed by atoms with Crippen molar-refractivity contribution in [1.82, 2.24) is 5.32 Å². The smallest absolute Gasteiger partial charge is 0.237 e. The number of benzene rings is 1. The van der Waals surface area contributed by atoms with Gasteiger partial charge in [-0.05, 0) is 31.1 Å². The van der Waals surface area contributed by atoms with E-state index in [9.17, 15) is 4.79 Å². The summed E-state index contributed by atoms with van der Waals surface area (Å²) in [4.78, 5) is 12.1. The molecule has 1 aromatic carbocycles. The normalized spacial score (nSPS) is 13.0. The summed E-state index contributed by atoms with van der Waals surface area (Å²) in [5.41, 5.74) is 7.08. The molecule has 1 aromatic rings. The largest absolute Gasteiger partial charge is 0.353 e. The standard InChI is InChI=1S/C16H26N2OS/c1-4-16(5-2,20-3)12-18-15(19)14(17)11-13-9-7-6-8-10-13/h6-10,14H,4-5,11-12,17H2,1-3H3,(H,18,19)/t14-/m0/s1. The molecule has 4 heteroatoms.